The topological polar surface area (TPSA) is 43.8 Å². The van der Waals surface area contributed by atoms with Crippen LogP contribution in [0.15, 0.2) is 36.9 Å². The van der Waals surface area contributed by atoms with E-state index in [0.717, 1.165) is 0 Å². The predicted molar refractivity (Wildman–Crippen MR) is 63.7 cm³/mol. The SMILES string of the molecule is NCC#Cc1ccc(Cn2ccnc2)c(F)c1. The molecule has 1 heterocycles. The molecular weight excluding hydrogens is 217 g/mol. The number of nitrogens with two attached hydrogens (primary N) is 1. The first-order valence-corrected chi connectivity index (χ1v) is 5.22. The molecule has 17 heavy (non-hydrogen) atoms. The largest absolute Gasteiger partial charge is 0.333 e. The second kappa shape index (κ2) is 5.28. The lowest BCUT2D eigenvalue weighted by Crippen LogP contribution is -1.99. The monoisotopic (exact) mass is 229 g/mol. The highest BCUT2D eigenvalue weighted by atomic mass is 19.1. The van der Waals surface area contributed by atoms with Crippen LogP contribution in [0.1, 0.15) is 11.1 Å². The third kappa shape index (κ3) is 2.92. The van der Waals surface area contributed by atoms with E-state index >= 15 is 0 Å². The van der Waals surface area contributed by atoms with Crippen molar-refractivity contribution in [2.24, 2.45) is 5.73 Å². The maximum Gasteiger partial charge on any atom is 0.129 e. The first-order chi connectivity index (χ1) is 8.29. The molecule has 0 amide bonds. The van der Waals surface area contributed by atoms with Gasteiger partial charge in [-0.3, -0.25) is 0 Å². The van der Waals surface area contributed by atoms with Crippen molar-refractivity contribution in [3.63, 3.8) is 0 Å². The maximum atomic E-state index is 13.7. The van der Waals surface area contributed by atoms with Crippen molar-refractivity contribution in [3.8, 4) is 11.8 Å². The average Bonchev–Trinajstić information content (AvgIpc) is 2.82. The summed E-state index contributed by atoms with van der Waals surface area (Å²) in [5, 5.41) is 0. The van der Waals surface area contributed by atoms with Crippen molar-refractivity contribution < 1.29 is 4.39 Å². The summed E-state index contributed by atoms with van der Waals surface area (Å²) in [7, 11) is 0. The first kappa shape index (κ1) is 11.4. The van der Waals surface area contributed by atoms with Gasteiger partial charge >= 0.3 is 0 Å². The van der Waals surface area contributed by atoms with Gasteiger partial charge in [0.2, 0.25) is 0 Å². The fourth-order valence-corrected chi connectivity index (χ4v) is 1.48. The number of benzene rings is 1. The number of aromatic nitrogens is 2. The average molecular weight is 229 g/mol. The summed E-state index contributed by atoms with van der Waals surface area (Å²) in [5.74, 6) is 5.23. The lowest BCUT2D eigenvalue weighted by Gasteiger charge is -2.04. The molecule has 0 saturated heterocycles. The van der Waals surface area contributed by atoms with E-state index in [9.17, 15) is 4.39 Å². The number of rotatable bonds is 2. The standard InChI is InChI=1S/C13H12FN3/c14-13-8-11(2-1-5-15)3-4-12(13)9-17-7-6-16-10-17/h3-4,6-8,10H,5,9,15H2. The van der Waals surface area contributed by atoms with Gasteiger partial charge < -0.3 is 10.3 Å². The molecule has 0 unspecified atom stereocenters. The summed E-state index contributed by atoms with van der Waals surface area (Å²) < 4.78 is 15.5. The summed E-state index contributed by atoms with van der Waals surface area (Å²) in [4.78, 5) is 3.91. The summed E-state index contributed by atoms with van der Waals surface area (Å²) in [6.45, 7) is 0.745. The third-order valence-electron chi connectivity index (χ3n) is 2.30. The molecule has 0 saturated carbocycles. The fraction of sp³-hybridized carbons (Fsp3) is 0.154. The summed E-state index contributed by atoms with van der Waals surface area (Å²) in [6.07, 6.45) is 5.11. The minimum atomic E-state index is -0.262. The zero-order valence-electron chi connectivity index (χ0n) is 9.23. The molecule has 0 atom stereocenters. The first-order valence-electron chi connectivity index (χ1n) is 5.22. The van der Waals surface area contributed by atoms with Gasteiger partial charge in [-0.15, -0.1) is 0 Å². The van der Waals surface area contributed by atoms with Gasteiger partial charge in [-0.2, -0.15) is 0 Å². The third-order valence-corrected chi connectivity index (χ3v) is 2.30. The van der Waals surface area contributed by atoms with Crippen molar-refractivity contribution >= 4 is 0 Å². The Morgan fingerprint density at radius 2 is 2.29 bits per heavy atom. The van der Waals surface area contributed by atoms with Crippen LogP contribution in [-0.2, 0) is 6.54 Å². The Labute approximate surface area is 99.1 Å². The summed E-state index contributed by atoms with van der Waals surface area (Å²) >= 11 is 0. The van der Waals surface area contributed by atoms with Crippen LogP contribution in [0, 0.1) is 17.7 Å². The molecule has 0 spiro atoms. The highest BCUT2D eigenvalue weighted by Crippen LogP contribution is 2.11. The highest BCUT2D eigenvalue weighted by Gasteiger charge is 2.03. The Bertz CT molecular complexity index is 550. The number of hydrogen-bond donors (Lipinski definition) is 1. The molecular formula is C13H12FN3. The van der Waals surface area contributed by atoms with Gasteiger partial charge in [0.15, 0.2) is 0 Å². The van der Waals surface area contributed by atoms with Gasteiger partial charge in [-0.25, -0.2) is 9.37 Å². The van der Waals surface area contributed by atoms with Crippen molar-refractivity contribution in [3.05, 3.63) is 53.9 Å². The number of halogens is 1. The second-order valence-electron chi connectivity index (χ2n) is 3.55. The van der Waals surface area contributed by atoms with E-state index in [1.807, 2.05) is 4.57 Å². The van der Waals surface area contributed by atoms with Crippen LogP contribution >= 0.6 is 0 Å². The molecule has 0 aliphatic carbocycles. The molecule has 4 heteroatoms. The Kier molecular flexibility index (Phi) is 3.53. The molecule has 1 aromatic heterocycles. The van der Waals surface area contributed by atoms with Crippen molar-refractivity contribution in [2.45, 2.75) is 6.54 Å². The van der Waals surface area contributed by atoms with Gasteiger partial charge in [0, 0.05) is 23.5 Å². The van der Waals surface area contributed by atoms with Crippen molar-refractivity contribution in [1.82, 2.24) is 9.55 Å². The van der Waals surface area contributed by atoms with Crippen molar-refractivity contribution in [1.29, 1.82) is 0 Å². The smallest absolute Gasteiger partial charge is 0.129 e. The van der Waals surface area contributed by atoms with Crippen LogP contribution < -0.4 is 5.73 Å². The maximum absolute atomic E-state index is 13.7. The van der Waals surface area contributed by atoms with E-state index in [4.69, 9.17) is 5.73 Å². The molecule has 0 fully saturated rings. The number of nitrogens with zero attached hydrogens (tertiary/aromatic N) is 2. The zero-order valence-corrected chi connectivity index (χ0v) is 9.23. The normalized spacial score (nSPS) is 9.76. The molecule has 3 nitrogen and oxygen atoms in total. The molecule has 0 bridgehead atoms. The van der Waals surface area contributed by atoms with Gasteiger partial charge in [0.05, 0.1) is 19.4 Å². The Balaban J connectivity index is 2.20. The van der Waals surface area contributed by atoms with E-state index in [1.54, 1.807) is 30.9 Å². The van der Waals surface area contributed by atoms with E-state index < -0.39 is 0 Å². The number of hydrogen-bond acceptors (Lipinski definition) is 2. The molecule has 86 valence electrons. The van der Waals surface area contributed by atoms with Crippen molar-refractivity contribution in [2.75, 3.05) is 6.54 Å². The molecule has 0 aliphatic heterocycles. The van der Waals surface area contributed by atoms with Crippen LogP contribution in [0.5, 0.6) is 0 Å². The molecule has 0 radical (unpaired) electrons. The fourth-order valence-electron chi connectivity index (χ4n) is 1.48. The van der Waals surface area contributed by atoms with Gasteiger partial charge in [-0.05, 0) is 12.1 Å². The van der Waals surface area contributed by atoms with E-state index in [1.165, 1.54) is 6.07 Å². The van der Waals surface area contributed by atoms with Crippen LogP contribution in [0.2, 0.25) is 0 Å². The molecule has 2 N–H and O–H groups in total. The summed E-state index contributed by atoms with van der Waals surface area (Å²) in [5.41, 5.74) is 6.51. The van der Waals surface area contributed by atoms with Crippen LogP contribution in [-0.4, -0.2) is 16.1 Å². The van der Waals surface area contributed by atoms with Gasteiger partial charge in [-0.1, -0.05) is 17.9 Å². The van der Waals surface area contributed by atoms with Crippen LogP contribution in [0.25, 0.3) is 0 Å². The lowest BCUT2D eigenvalue weighted by atomic mass is 10.1. The highest BCUT2D eigenvalue weighted by molar-refractivity contribution is 5.37. The molecule has 0 aliphatic rings. The Hall–Kier alpha value is -2.12. The van der Waals surface area contributed by atoms with E-state index in [2.05, 4.69) is 16.8 Å². The van der Waals surface area contributed by atoms with Gasteiger partial charge in [0.1, 0.15) is 5.82 Å². The molecule has 2 aromatic rings. The zero-order chi connectivity index (χ0) is 12.1. The summed E-state index contributed by atoms with van der Waals surface area (Å²) in [6, 6.07) is 4.95. The quantitative estimate of drug-likeness (QED) is 0.791. The lowest BCUT2D eigenvalue weighted by molar-refractivity contribution is 0.599. The number of imidazole rings is 1. The predicted octanol–water partition coefficient (Wildman–Crippen LogP) is 1.38. The Morgan fingerprint density at radius 3 is 2.94 bits per heavy atom. The van der Waals surface area contributed by atoms with E-state index in [0.29, 0.717) is 17.7 Å². The molecule has 2 rings (SSSR count). The van der Waals surface area contributed by atoms with E-state index in [-0.39, 0.29) is 12.4 Å². The Morgan fingerprint density at radius 1 is 1.41 bits per heavy atom. The minimum Gasteiger partial charge on any atom is -0.333 e. The van der Waals surface area contributed by atoms with Gasteiger partial charge in [0.25, 0.3) is 0 Å². The second-order valence-corrected chi connectivity index (χ2v) is 3.55. The van der Waals surface area contributed by atoms with Crippen LogP contribution in [0.3, 0.4) is 0 Å². The minimum absolute atomic E-state index is 0.262. The van der Waals surface area contributed by atoms with Crippen LogP contribution in [0.4, 0.5) is 4.39 Å². The molecule has 1 aromatic carbocycles.